The molecule has 0 aliphatic carbocycles. The Labute approximate surface area is 216 Å². The second-order valence-electron chi connectivity index (χ2n) is 11.7. The van der Waals surface area contributed by atoms with E-state index in [0.29, 0.717) is 29.7 Å². The van der Waals surface area contributed by atoms with Crippen molar-refractivity contribution in [1.82, 2.24) is 0 Å². The zero-order valence-electron chi connectivity index (χ0n) is 22.6. The molecule has 1 unspecified atom stereocenters. The van der Waals surface area contributed by atoms with Crippen molar-refractivity contribution in [3.63, 3.8) is 0 Å². The van der Waals surface area contributed by atoms with Gasteiger partial charge in [-0.1, -0.05) is 102 Å². The van der Waals surface area contributed by atoms with E-state index in [1.165, 1.54) is 6.92 Å². The van der Waals surface area contributed by atoms with Gasteiger partial charge in [0.1, 0.15) is 11.5 Å². The number of esters is 1. The third-order valence-electron chi connectivity index (χ3n) is 6.53. The molecule has 4 heteroatoms. The number of phenolic OH excluding ortho intramolecular Hbond substituents is 1. The second kappa shape index (κ2) is 10.9. The van der Waals surface area contributed by atoms with Crippen LogP contribution in [0, 0.1) is 5.92 Å². The highest BCUT2D eigenvalue weighted by atomic mass is 16.5. The largest absolute Gasteiger partial charge is 0.508 e. The van der Waals surface area contributed by atoms with E-state index in [1.807, 2.05) is 77.9 Å². The quantitative estimate of drug-likeness (QED) is 0.276. The molecule has 3 aromatic rings. The summed E-state index contributed by atoms with van der Waals surface area (Å²) < 4.78 is 5.83. The number of benzene rings is 3. The minimum atomic E-state index is -0.983. The molecular weight excluding hydrogens is 448 g/mol. The Morgan fingerprint density at radius 2 is 1.31 bits per heavy atom. The van der Waals surface area contributed by atoms with E-state index < -0.39 is 17.5 Å². The number of aromatic hydroxyl groups is 1. The van der Waals surface area contributed by atoms with Crippen LogP contribution in [-0.2, 0) is 28.5 Å². The zero-order chi connectivity index (χ0) is 26.7. The molecule has 0 fully saturated rings. The van der Waals surface area contributed by atoms with Gasteiger partial charge in [0.05, 0.1) is 6.10 Å². The lowest BCUT2D eigenvalue weighted by Crippen LogP contribution is -2.26. The first kappa shape index (κ1) is 27.5. The Morgan fingerprint density at radius 3 is 1.69 bits per heavy atom. The highest BCUT2D eigenvalue weighted by Gasteiger charge is 2.37. The van der Waals surface area contributed by atoms with Crippen molar-refractivity contribution >= 4 is 5.97 Å². The van der Waals surface area contributed by atoms with E-state index in [1.54, 1.807) is 6.07 Å². The van der Waals surface area contributed by atoms with E-state index in [9.17, 15) is 15.0 Å². The normalized spacial score (nSPS) is 13.0. The maximum absolute atomic E-state index is 12.2. The minimum Gasteiger partial charge on any atom is -0.508 e. The number of ether oxygens (including phenoxy) is 1. The SMILES string of the molecule is CC(=O)Oc1c(C(C)(C)C)cc(O)c(C(O)C(Cc2ccccc2)Cc2ccccc2)c1C(C)(C)C. The first-order valence-electron chi connectivity index (χ1n) is 12.6. The van der Waals surface area contributed by atoms with Crippen LogP contribution in [0.25, 0.3) is 0 Å². The summed E-state index contributed by atoms with van der Waals surface area (Å²) in [4.78, 5) is 12.2. The number of phenols is 1. The minimum absolute atomic E-state index is 0.0272. The van der Waals surface area contributed by atoms with Crippen LogP contribution in [0.1, 0.15) is 82.4 Å². The zero-order valence-corrected chi connectivity index (χ0v) is 22.6. The molecule has 0 saturated carbocycles. The van der Waals surface area contributed by atoms with E-state index in [-0.39, 0.29) is 17.1 Å². The summed E-state index contributed by atoms with van der Waals surface area (Å²) in [5, 5.41) is 23.4. The lowest BCUT2D eigenvalue weighted by molar-refractivity contribution is -0.132. The molecule has 2 N–H and O–H groups in total. The predicted octanol–water partition coefficient (Wildman–Crippen LogP) is 7.05. The van der Waals surface area contributed by atoms with Crippen molar-refractivity contribution in [3.05, 3.63) is 94.5 Å². The number of hydrogen-bond donors (Lipinski definition) is 2. The molecule has 4 nitrogen and oxygen atoms in total. The number of hydrogen-bond acceptors (Lipinski definition) is 4. The summed E-state index contributed by atoms with van der Waals surface area (Å²) in [6.07, 6.45) is 0.274. The van der Waals surface area contributed by atoms with E-state index in [4.69, 9.17) is 4.74 Å². The van der Waals surface area contributed by atoms with Gasteiger partial charge in [-0.05, 0) is 46.8 Å². The van der Waals surface area contributed by atoms with Crippen LogP contribution < -0.4 is 4.74 Å². The highest BCUT2D eigenvalue weighted by Crippen LogP contribution is 2.49. The van der Waals surface area contributed by atoms with Gasteiger partial charge >= 0.3 is 5.97 Å². The molecule has 0 bridgehead atoms. The van der Waals surface area contributed by atoms with Gasteiger partial charge < -0.3 is 14.9 Å². The molecule has 0 saturated heterocycles. The Balaban J connectivity index is 2.23. The molecule has 3 aromatic carbocycles. The Hall–Kier alpha value is -3.11. The van der Waals surface area contributed by atoms with E-state index in [0.717, 1.165) is 16.7 Å². The Morgan fingerprint density at radius 1 is 0.833 bits per heavy atom. The summed E-state index contributed by atoms with van der Waals surface area (Å²) in [5.41, 5.74) is 3.16. The van der Waals surface area contributed by atoms with Gasteiger partial charge in [0.25, 0.3) is 0 Å². The summed E-state index contributed by atoms with van der Waals surface area (Å²) >= 11 is 0. The summed E-state index contributed by atoms with van der Waals surface area (Å²) in [6.45, 7) is 13.5. The number of aliphatic hydroxyl groups is 1. The highest BCUT2D eigenvalue weighted by molar-refractivity contribution is 5.72. The predicted molar refractivity (Wildman–Crippen MR) is 146 cm³/mol. The monoisotopic (exact) mass is 488 g/mol. The smallest absolute Gasteiger partial charge is 0.308 e. The van der Waals surface area contributed by atoms with Gasteiger partial charge in [-0.2, -0.15) is 0 Å². The fourth-order valence-corrected chi connectivity index (χ4v) is 4.88. The molecule has 0 aliphatic rings. The summed E-state index contributed by atoms with van der Waals surface area (Å²) in [6, 6.07) is 21.8. The number of carbonyl (C=O) groups is 1. The molecule has 0 amide bonds. The van der Waals surface area contributed by atoms with Crippen LogP contribution in [0.15, 0.2) is 66.7 Å². The van der Waals surface area contributed by atoms with Crippen LogP contribution >= 0.6 is 0 Å². The number of carbonyl (C=O) groups excluding carboxylic acids is 1. The third-order valence-corrected chi connectivity index (χ3v) is 6.53. The fourth-order valence-electron chi connectivity index (χ4n) is 4.88. The molecule has 0 radical (unpaired) electrons. The van der Waals surface area contributed by atoms with Crippen molar-refractivity contribution in [1.29, 1.82) is 0 Å². The molecule has 1 atom stereocenters. The molecule has 0 spiro atoms. The molecule has 192 valence electrons. The van der Waals surface area contributed by atoms with Gasteiger partial charge in [0.15, 0.2) is 0 Å². The topological polar surface area (TPSA) is 66.8 Å². The summed E-state index contributed by atoms with van der Waals surface area (Å²) in [5.74, 6) is -0.179. The Bertz CT molecular complexity index is 1130. The number of rotatable bonds is 7. The summed E-state index contributed by atoms with van der Waals surface area (Å²) in [7, 11) is 0. The first-order valence-corrected chi connectivity index (χ1v) is 12.6. The first-order chi connectivity index (χ1) is 16.8. The van der Waals surface area contributed by atoms with Gasteiger partial charge in [0.2, 0.25) is 0 Å². The van der Waals surface area contributed by atoms with Crippen LogP contribution in [0.2, 0.25) is 0 Å². The van der Waals surface area contributed by atoms with Crippen LogP contribution in [0.5, 0.6) is 11.5 Å². The average Bonchev–Trinajstić information content (AvgIpc) is 2.78. The molecule has 0 aliphatic heterocycles. The van der Waals surface area contributed by atoms with E-state index >= 15 is 0 Å². The van der Waals surface area contributed by atoms with Crippen molar-refractivity contribution in [3.8, 4) is 11.5 Å². The van der Waals surface area contributed by atoms with Crippen molar-refractivity contribution in [2.75, 3.05) is 0 Å². The average molecular weight is 489 g/mol. The fraction of sp³-hybridized carbons (Fsp3) is 0.406. The van der Waals surface area contributed by atoms with Crippen LogP contribution in [0.4, 0.5) is 0 Å². The van der Waals surface area contributed by atoms with Gasteiger partial charge in [0, 0.05) is 23.6 Å². The van der Waals surface area contributed by atoms with Gasteiger partial charge in [-0.3, -0.25) is 4.79 Å². The molecule has 36 heavy (non-hydrogen) atoms. The molecule has 0 aromatic heterocycles. The lowest BCUT2D eigenvalue weighted by Gasteiger charge is -2.35. The number of aliphatic hydroxyl groups excluding tert-OH is 1. The molecule has 3 rings (SSSR count). The third kappa shape index (κ3) is 6.55. The maximum atomic E-state index is 12.2. The van der Waals surface area contributed by atoms with Crippen molar-refractivity contribution in [2.45, 2.75) is 78.2 Å². The van der Waals surface area contributed by atoms with Crippen molar-refractivity contribution < 1.29 is 19.7 Å². The maximum Gasteiger partial charge on any atom is 0.308 e. The van der Waals surface area contributed by atoms with Gasteiger partial charge in [-0.15, -0.1) is 0 Å². The van der Waals surface area contributed by atoms with Gasteiger partial charge in [-0.25, -0.2) is 0 Å². The standard InChI is InChI=1S/C32H40O4/c1-21(33)36-30-25(31(2,3)4)20-26(34)27(28(30)32(5,6)7)29(35)24(18-22-14-10-8-11-15-22)19-23-16-12-9-13-17-23/h8-17,20,24,29,34-35H,18-19H2,1-7H3. The Kier molecular flexibility index (Phi) is 8.30. The molecule has 0 heterocycles. The molecular formula is C32H40O4. The van der Waals surface area contributed by atoms with Crippen LogP contribution in [0.3, 0.4) is 0 Å². The lowest BCUT2D eigenvalue weighted by atomic mass is 9.73. The van der Waals surface area contributed by atoms with E-state index in [2.05, 4.69) is 24.3 Å². The second-order valence-corrected chi connectivity index (χ2v) is 11.7. The van der Waals surface area contributed by atoms with Crippen LogP contribution in [-0.4, -0.2) is 16.2 Å². The van der Waals surface area contributed by atoms with Crippen molar-refractivity contribution in [2.24, 2.45) is 5.92 Å².